The molecular formula is C11H26N4S. The minimum absolute atomic E-state index is 0.562. The van der Waals surface area contributed by atoms with Crippen LogP contribution in [0.4, 0.5) is 0 Å². The zero-order valence-corrected chi connectivity index (χ0v) is 11.6. The van der Waals surface area contributed by atoms with E-state index >= 15 is 0 Å². The van der Waals surface area contributed by atoms with Crippen LogP contribution in [0.3, 0.4) is 0 Å². The highest BCUT2D eigenvalue weighted by molar-refractivity contribution is 7.98. The Balaban J connectivity index is 3.51. The number of rotatable bonds is 8. The summed E-state index contributed by atoms with van der Waals surface area (Å²) < 4.78 is 0. The number of unbranched alkanes of at least 4 members (excludes halogenated alkanes) is 2. The molecule has 0 fully saturated rings. The van der Waals surface area contributed by atoms with E-state index in [2.05, 4.69) is 35.8 Å². The van der Waals surface area contributed by atoms with E-state index in [1.165, 1.54) is 25.0 Å². The molecule has 96 valence electrons. The number of hydrogen-bond acceptors (Lipinski definition) is 3. The summed E-state index contributed by atoms with van der Waals surface area (Å²) in [5.41, 5.74) is 2.59. The lowest BCUT2D eigenvalue weighted by molar-refractivity contribution is 0.649. The molecule has 0 unspecified atom stereocenters. The van der Waals surface area contributed by atoms with Crippen molar-refractivity contribution in [2.75, 3.05) is 25.1 Å². The largest absolute Gasteiger partial charge is 0.355 e. The Kier molecular flexibility index (Phi) is 10.8. The third kappa shape index (κ3) is 10.1. The first-order valence-electron chi connectivity index (χ1n) is 5.94. The molecule has 0 saturated heterocycles. The summed E-state index contributed by atoms with van der Waals surface area (Å²) in [7, 11) is 0. The van der Waals surface area contributed by atoms with Gasteiger partial charge in [0.1, 0.15) is 0 Å². The SMILES string of the molecule is CSCCCCCNC(=NCC(C)C)NN. The fourth-order valence-corrected chi connectivity index (χ4v) is 1.67. The average Bonchev–Trinajstić information content (AvgIpc) is 2.27. The predicted octanol–water partition coefficient (Wildman–Crippen LogP) is 1.58. The van der Waals surface area contributed by atoms with Gasteiger partial charge in [0.2, 0.25) is 5.96 Å². The topological polar surface area (TPSA) is 62.4 Å². The Morgan fingerprint density at radius 1 is 1.31 bits per heavy atom. The quantitative estimate of drug-likeness (QED) is 0.200. The zero-order valence-electron chi connectivity index (χ0n) is 10.8. The molecule has 0 saturated carbocycles. The lowest BCUT2D eigenvalue weighted by Gasteiger charge is -2.09. The molecule has 4 nitrogen and oxygen atoms in total. The van der Waals surface area contributed by atoms with E-state index in [9.17, 15) is 0 Å². The molecule has 0 spiro atoms. The van der Waals surface area contributed by atoms with Crippen molar-refractivity contribution < 1.29 is 0 Å². The van der Waals surface area contributed by atoms with Gasteiger partial charge in [-0.25, -0.2) is 5.84 Å². The molecule has 0 aromatic heterocycles. The number of thioether (sulfide) groups is 1. The van der Waals surface area contributed by atoms with E-state index in [1.54, 1.807) is 0 Å². The van der Waals surface area contributed by atoms with Gasteiger partial charge in [0, 0.05) is 13.1 Å². The van der Waals surface area contributed by atoms with Gasteiger partial charge in [0.25, 0.3) is 0 Å². The second-order valence-electron chi connectivity index (χ2n) is 4.21. The second kappa shape index (κ2) is 11.1. The molecule has 0 aromatic carbocycles. The van der Waals surface area contributed by atoms with E-state index in [0.29, 0.717) is 11.9 Å². The molecule has 0 bridgehead atoms. The number of guanidine groups is 1. The minimum Gasteiger partial charge on any atom is -0.355 e. The van der Waals surface area contributed by atoms with Crippen molar-refractivity contribution in [2.45, 2.75) is 33.1 Å². The van der Waals surface area contributed by atoms with Crippen LogP contribution in [0.1, 0.15) is 33.1 Å². The average molecular weight is 246 g/mol. The highest BCUT2D eigenvalue weighted by atomic mass is 32.2. The number of nitrogens with one attached hydrogen (secondary N) is 2. The number of hydrogen-bond donors (Lipinski definition) is 3. The highest BCUT2D eigenvalue weighted by Crippen LogP contribution is 2.01. The molecular weight excluding hydrogens is 220 g/mol. The van der Waals surface area contributed by atoms with Crippen molar-refractivity contribution in [3.63, 3.8) is 0 Å². The Morgan fingerprint density at radius 2 is 2.06 bits per heavy atom. The Labute approximate surface area is 104 Å². The van der Waals surface area contributed by atoms with E-state index in [1.807, 2.05) is 11.8 Å². The van der Waals surface area contributed by atoms with Gasteiger partial charge in [-0.2, -0.15) is 11.8 Å². The van der Waals surface area contributed by atoms with Gasteiger partial charge < -0.3 is 5.32 Å². The maximum Gasteiger partial charge on any atom is 0.205 e. The van der Waals surface area contributed by atoms with E-state index in [4.69, 9.17) is 5.84 Å². The van der Waals surface area contributed by atoms with Crippen LogP contribution in [0.5, 0.6) is 0 Å². The molecule has 0 heterocycles. The molecule has 0 atom stereocenters. The van der Waals surface area contributed by atoms with Crippen molar-refractivity contribution in [2.24, 2.45) is 16.8 Å². The number of aliphatic imine (C=N–C) groups is 1. The number of nitrogens with zero attached hydrogens (tertiary/aromatic N) is 1. The molecule has 0 radical (unpaired) electrons. The smallest absolute Gasteiger partial charge is 0.205 e. The molecule has 0 rings (SSSR count). The molecule has 0 amide bonds. The van der Waals surface area contributed by atoms with Crippen molar-refractivity contribution in [3.05, 3.63) is 0 Å². The van der Waals surface area contributed by atoms with Crippen molar-refractivity contribution >= 4 is 17.7 Å². The van der Waals surface area contributed by atoms with Gasteiger partial charge in [0.05, 0.1) is 0 Å². The Bertz CT molecular complexity index is 183. The first-order chi connectivity index (χ1) is 7.70. The summed E-state index contributed by atoms with van der Waals surface area (Å²) in [6.45, 7) is 6.02. The molecule has 16 heavy (non-hydrogen) atoms. The van der Waals surface area contributed by atoms with E-state index < -0.39 is 0 Å². The fraction of sp³-hybridized carbons (Fsp3) is 0.909. The van der Waals surface area contributed by atoms with Gasteiger partial charge in [-0.1, -0.05) is 20.3 Å². The molecule has 0 aromatic rings. The number of hydrazine groups is 1. The normalized spacial score (nSPS) is 11.9. The summed E-state index contributed by atoms with van der Waals surface area (Å²) in [6.07, 6.45) is 5.86. The van der Waals surface area contributed by atoms with Gasteiger partial charge in [0.15, 0.2) is 0 Å². The van der Waals surface area contributed by atoms with Gasteiger partial charge in [-0.3, -0.25) is 10.4 Å². The summed E-state index contributed by atoms with van der Waals surface area (Å²) >= 11 is 1.91. The Hall–Kier alpha value is -0.420. The molecule has 4 N–H and O–H groups in total. The maximum absolute atomic E-state index is 5.37. The second-order valence-corrected chi connectivity index (χ2v) is 5.19. The van der Waals surface area contributed by atoms with Crippen LogP contribution in [0.25, 0.3) is 0 Å². The van der Waals surface area contributed by atoms with Crippen LogP contribution in [0.15, 0.2) is 4.99 Å². The first kappa shape index (κ1) is 15.6. The minimum atomic E-state index is 0.562. The molecule has 0 aliphatic rings. The lowest BCUT2D eigenvalue weighted by atomic mass is 10.2. The molecule has 5 heteroatoms. The highest BCUT2D eigenvalue weighted by Gasteiger charge is 1.96. The fourth-order valence-electron chi connectivity index (χ4n) is 1.18. The lowest BCUT2D eigenvalue weighted by Crippen LogP contribution is -2.42. The van der Waals surface area contributed by atoms with Gasteiger partial charge >= 0.3 is 0 Å². The van der Waals surface area contributed by atoms with Crippen LogP contribution in [-0.4, -0.2) is 31.1 Å². The van der Waals surface area contributed by atoms with Crippen LogP contribution >= 0.6 is 11.8 Å². The van der Waals surface area contributed by atoms with Gasteiger partial charge in [-0.05, 0) is 30.8 Å². The van der Waals surface area contributed by atoms with E-state index in [0.717, 1.165) is 13.1 Å². The summed E-state index contributed by atoms with van der Waals surface area (Å²) in [5, 5.41) is 3.21. The summed E-state index contributed by atoms with van der Waals surface area (Å²) in [6, 6.07) is 0. The maximum atomic E-state index is 5.37. The number of nitrogens with two attached hydrogens (primary N) is 1. The van der Waals surface area contributed by atoms with Crippen LogP contribution in [0.2, 0.25) is 0 Å². The van der Waals surface area contributed by atoms with Crippen molar-refractivity contribution in [1.82, 2.24) is 10.7 Å². The summed E-state index contributed by atoms with van der Waals surface area (Å²) in [5.74, 6) is 7.90. The van der Waals surface area contributed by atoms with Crippen LogP contribution in [-0.2, 0) is 0 Å². The monoisotopic (exact) mass is 246 g/mol. The first-order valence-corrected chi connectivity index (χ1v) is 7.34. The third-order valence-electron chi connectivity index (χ3n) is 2.07. The molecule has 0 aliphatic carbocycles. The van der Waals surface area contributed by atoms with Crippen molar-refractivity contribution in [1.29, 1.82) is 0 Å². The van der Waals surface area contributed by atoms with Crippen LogP contribution < -0.4 is 16.6 Å². The zero-order chi connectivity index (χ0) is 12.2. The molecule has 0 aliphatic heterocycles. The standard InChI is InChI=1S/C11H26N4S/c1-10(2)9-14-11(15-12)13-7-5-4-6-8-16-3/h10H,4-9,12H2,1-3H3,(H2,13,14,15). The Morgan fingerprint density at radius 3 is 2.62 bits per heavy atom. The van der Waals surface area contributed by atoms with Crippen molar-refractivity contribution in [3.8, 4) is 0 Å². The van der Waals surface area contributed by atoms with Crippen LogP contribution in [0, 0.1) is 5.92 Å². The predicted molar refractivity (Wildman–Crippen MR) is 74.7 cm³/mol. The third-order valence-corrected chi connectivity index (χ3v) is 2.77. The van der Waals surface area contributed by atoms with Gasteiger partial charge in [-0.15, -0.1) is 0 Å². The van der Waals surface area contributed by atoms with E-state index in [-0.39, 0.29) is 0 Å². The summed E-state index contributed by atoms with van der Waals surface area (Å²) in [4.78, 5) is 4.34.